The van der Waals surface area contributed by atoms with E-state index in [9.17, 15) is 4.79 Å². The van der Waals surface area contributed by atoms with E-state index in [0.717, 1.165) is 4.88 Å². The molecule has 2 N–H and O–H groups in total. The summed E-state index contributed by atoms with van der Waals surface area (Å²) in [6.45, 7) is 1.71. The maximum Gasteiger partial charge on any atom is 0.166 e. The zero-order chi connectivity index (χ0) is 9.68. The molecule has 3 heteroatoms. The number of hydrogen-bond donors (Lipinski definition) is 1. The Kier molecular flexibility index (Phi) is 3.69. The first-order valence-electron chi connectivity index (χ1n) is 3.97. The molecule has 68 valence electrons. The molecule has 0 spiro atoms. The van der Waals surface area contributed by atoms with Gasteiger partial charge in [0.1, 0.15) is 0 Å². The lowest BCUT2D eigenvalue weighted by atomic mass is 10.1. The monoisotopic (exact) mass is 193 g/mol. The van der Waals surface area contributed by atoms with Gasteiger partial charge in [-0.2, -0.15) is 0 Å². The number of rotatable bonds is 3. The average molecular weight is 193 g/mol. The molecule has 13 heavy (non-hydrogen) atoms. The summed E-state index contributed by atoms with van der Waals surface area (Å²) < 4.78 is 0. The van der Waals surface area contributed by atoms with Crippen molar-refractivity contribution in [3.8, 4) is 11.8 Å². The zero-order valence-corrected chi connectivity index (χ0v) is 8.23. The van der Waals surface area contributed by atoms with Crippen LogP contribution in [0.25, 0.3) is 0 Å². The van der Waals surface area contributed by atoms with Crippen LogP contribution in [-0.2, 0) is 4.79 Å². The van der Waals surface area contributed by atoms with Gasteiger partial charge in [0.15, 0.2) is 5.78 Å². The highest BCUT2D eigenvalue weighted by Gasteiger charge is 2.14. The highest BCUT2D eigenvalue weighted by atomic mass is 32.1. The van der Waals surface area contributed by atoms with Crippen LogP contribution < -0.4 is 5.73 Å². The van der Waals surface area contributed by atoms with Crippen LogP contribution in [0, 0.1) is 11.8 Å². The van der Waals surface area contributed by atoms with Gasteiger partial charge >= 0.3 is 0 Å². The molecule has 0 fully saturated rings. The van der Waals surface area contributed by atoms with Gasteiger partial charge in [-0.05, 0) is 18.4 Å². The first kappa shape index (κ1) is 9.97. The van der Waals surface area contributed by atoms with E-state index in [-0.39, 0.29) is 12.2 Å². The fraction of sp³-hybridized carbons (Fsp3) is 0.300. The first-order chi connectivity index (χ1) is 6.25. The standard InChI is InChI=1S/C10H11NOS/c1-2-3-5-8(12)10(11)9-6-4-7-13-9/h4,6-7,10H,5,11H2,1H3. The van der Waals surface area contributed by atoms with Crippen molar-refractivity contribution in [3.05, 3.63) is 22.4 Å². The van der Waals surface area contributed by atoms with E-state index in [4.69, 9.17) is 5.73 Å². The summed E-state index contributed by atoms with van der Waals surface area (Å²) in [7, 11) is 0. The van der Waals surface area contributed by atoms with Crippen molar-refractivity contribution in [1.82, 2.24) is 0 Å². The maximum atomic E-state index is 11.4. The number of Topliss-reactive ketones (excluding diaryl/α,β-unsaturated/α-hetero) is 1. The number of ketones is 1. The predicted molar refractivity (Wildman–Crippen MR) is 54.3 cm³/mol. The second kappa shape index (κ2) is 4.80. The molecule has 1 unspecified atom stereocenters. The fourth-order valence-electron chi connectivity index (χ4n) is 0.912. The minimum absolute atomic E-state index is 0.0169. The van der Waals surface area contributed by atoms with Gasteiger partial charge in [-0.1, -0.05) is 12.0 Å². The summed E-state index contributed by atoms with van der Waals surface area (Å²) in [5, 5.41) is 1.91. The van der Waals surface area contributed by atoms with E-state index >= 15 is 0 Å². The molecule has 0 bridgehead atoms. The largest absolute Gasteiger partial charge is 0.317 e. The van der Waals surface area contributed by atoms with Crippen LogP contribution >= 0.6 is 11.3 Å². The van der Waals surface area contributed by atoms with E-state index in [1.807, 2.05) is 17.5 Å². The summed E-state index contributed by atoms with van der Waals surface area (Å²) >= 11 is 1.50. The van der Waals surface area contributed by atoms with Crippen molar-refractivity contribution < 1.29 is 4.79 Å². The smallest absolute Gasteiger partial charge is 0.166 e. The summed E-state index contributed by atoms with van der Waals surface area (Å²) in [6, 6.07) is 3.26. The third kappa shape index (κ3) is 2.69. The Labute approximate surface area is 81.8 Å². The summed E-state index contributed by atoms with van der Waals surface area (Å²) in [5.41, 5.74) is 5.72. The van der Waals surface area contributed by atoms with Crippen molar-refractivity contribution in [2.75, 3.05) is 0 Å². The van der Waals surface area contributed by atoms with Crippen molar-refractivity contribution in [3.63, 3.8) is 0 Å². The van der Waals surface area contributed by atoms with Gasteiger partial charge in [0.25, 0.3) is 0 Å². The molecule has 0 aromatic carbocycles. The molecule has 0 radical (unpaired) electrons. The number of carbonyl (C=O) groups is 1. The van der Waals surface area contributed by atoms with Crippen LogP contribution in [0.5, 0.6) is 0 Å². The molecule has 0 saturated heterocycles. The van der Waals surface area contributed by atoms with E-state index in [0.29, 0.717) is 0 Å². The van der Waals surface area contributed by atoms with Crippen LogP contribution in [0.4, 0.5) is 0 Å². The lowest BCUT2D eigenvalue weighted by molar-refractivity contribution is -0.119. The van der Waals surface area contributed by atoms with Gasteiger partial charge in [-0.15, -0.1) is 17.3 Å². The van der Waals surface area contributed by atoms with Crippen LogP contribution in [0.15, 0.2) is 17.5 Å². The van der Waals surface area contributed by atoms with Crippen molar-refractivity contribution in [2.24, 2.45) is 5.73 Å². The molecule has 1 aromatic heterocycles. The number of nitrogens with two attached hydrogens (primary N) is 1. The lowest BCUT2D eigenvalue weighted by Crippen LogP contribution is -2.19. The SMILES string of the molecule is CC#CCC(=O)C(N)c1cccs1. The van der Waals surface area contributed by atoms with Crippen molar-refractivity contribution in [2.45, 2.75) is 19.4 Å². The van der Waals surface area contributed by atoms with Gasteiger partial charge in [0.2, 0.25) is 0 Å². The van der Waals surface area contributed by atoms with E-state index < -0.39 is 6.04 Å². The first-order valence-corrected chi connectivity index (χ1v) is 4.85. The van der Waals surface area contributed by atoms with Crippen molar-refractivity contribution in [1.29, 1.82) is 0 Å². The van der Waals surface area contributed by atoms with Gasteiger partial charge in [0, 0.05) is 4.88 Å². The molecule has 1 atom stereocenters. The summed E-state index contributed by atoms with van der Waals surface area (Å²) in [6.07, 6.45) is 0.246. The topological polar surface area (TPSA) is 43.1 Å². The van der Waals surface area contributed by atoms with Crippen molar-refractivity contribution >= 4 is 17.1 Å². The molecule has 0 aliphatic heterocycles. The number of thiophene rings is 1. The highest BCUT2D eigenvalue weighted by Crippen LogP contribution is 2.18. The normalized spacial score (nSPS) is 11.5. The van der Waals surface area contributed by atoms with Crippen LogP contribution in [0.3, 0.4) is 0 Å². The molecule has 1 rings (SSSR count). The summed E-state index contributed by atoms with van der Waals surface area (Å²) in [5.74, 6) is 5.37. The average Bonchev–Trinajstić information content (AvgIpc) is 2.65. The Morgan fingerprint density at radius 3 is 3.08 bits per heavy atom. The van der Waals surface area contributed by atoms with Crippen LogP contribution in [0.2, 0.25) is 0 Å². The Morgan fingerprint density at radius 2 is 2.54 bits per heavy atom. The highest BCUT2D eigenvalue weighted by molar-refractivity contribution is 7.10. The molecule has 0 aliphatic rings. The lowest BCUT2D eigenvalue weighted by Gasteiger charge is -2.04. The predicted octanol–water partition coefficient (Wildman–Crippen LogP) is 1.73. The number of carbonyl (C=O) groups excluding carboxylic acids is 1. The Hall–Kier alpha value is -1.11. The second-order valence-electron chi connectivity index (χ2n) is 2.56. The van der Waals surface area contributed by atoms with E-state index in [1.54, 1.807) is 6.92 Å². The van der Waals surface area contributed by atoms with Gasteiger partial charge in [-0.3, -0.25) is 4.79 Å². The van der Waals surface area contributed by atoms with E-state index in [2.05, 4.69) is 11.8 Å². The second-order valence-corrected chi connectivity index (χ2v) is 3.54. The van der Waals surface area contributed by atoms with Crippen LogP contribution in [0.1, 0.15) is 24.3 Å². The van der Waals surface area contributed by atoms with Gasteiger partial charge < -0.3 is 5.73 Å². The van der Waals surface area contributed by atoms with Gasteiger partial charge in [-0.25, -0.2) is 0 Å². The molecule has 0 aliphatic carbocycles. The minimum atomic E-state index is -0.499. The quantitative estimate of drug-likeness (QED) is 0.743. The molecular formula is C10H11NOS. The molecule has 0 amide bonds. The maximum absolute atomic E-state index is 11.4. The Morgan fingerprint density at radius 1 is 1.77 bits per heavy atom. The molecule has 1 aromatic rings. The molecule has 1 heterocycles. The minimum Gasteiger partial charge on any atom is -0.317 e. The fourth-order valence-corrected chi connectivity index (χ4v) is 1.66. The Balaban J connectivity index is 2.61. The molecule has 2 nitrogen and oxygen atoms in total. The molecular weight excluding hydrogens is 182 g/mol. The summed E-state index contributed by atoms with van der Waals surface area (Å²) in [4.78, 5) is 12.3. The third-order valence-electron chi connectivity index (χ3n) is 1.64. The van der Waals surface area contributed by atoms with Crippen LogP contribution in [-0.4, -0.2) is 5.78 Å². The third-order valence-corrected chi connectivity index (χ3v) is 2.59. The molecule has 0 saturated carbocycles. The van der Waals surface area contributed by atoms with Gasteiger partial charge in [0.05, 0.1) is 12.5 Å². The zero-order valence-electron chi connectivity index (χ0n) is 7.41. The number of hydrogen-bond acceptors (Lipinski definition) is 3. The van der Waals surface area contributed by atoms with E-state index in [1.165, 1.54) is 11.3 Å². The Bertz CT molecular complexity index is 332.